The summed E-state index contributed by atoms with van der Waals surface area (Å²) in [5, 5.41) is 3.46. The summed E-state index contributed by atoms with van der Waals surface area (Å²) in [6.07, 6.45) is 4.60. The molecule has 2 saturated heterocycles. The summed E-state index contributed by atoms with van der Waals surface area (Å²) in [6.45, 7) is 5.74. The molecule has 1 aliphatic carbocycles. The third-order valence-electron chi connectivity index (χ3n) is 5.01. The molecule has 1 saturated carbocycles. The van der Waals surface area contributed by atoms with Gasteiger partial charge in [-0.05, 0) is 31.2 Å². The SMILES string of the molecule is CC1(C)C2C(=O)N(CCC3CCCCN3)C(=O)C21. The molecule has 2 heterocycles. The van der Waals surface area contributed by atoms with E-state index >= 15 is 0 Å². The first-order chi connectivity index (χ1) is 8.53. The molecule has 3 unspecified atom stereocenters. The number of nitrogens with one attached hydrogen (secondary N) is 1. The maximum atomic E-state index is 12.1. The quantitative estimate of drug-likeness (QED) is 0.765. The number of likely N-dealkylation sites (tertiary alicyclic amines) is 1. The number of hydrogen-bond donors (Lipinski definition) is 1. The van der Waals surface area contributed by atoms with E-state index in [2.05, 4.69) is 5.32 Å². The van der Waals surface area contributed by atoms with Gasteiger partial charge in [0.1, 0.15) is 0 Å². The minimum Gasteiger partial charge on any atom is -0.314 e. The second-order valence-corrected chi connectivity index (χ2v) is 6.54. The first-order valence-corrected chi connectivity index (χ1v) is 7.12. The Labute approximate surface area is 108 Å². The lowest BCUT2D eigenvalue weighted by Crippen LogP contribution is -2.41. The van der Waals surface area contributed by atoms with E-state index < -0.39 is 0 Å². The molecular weight excluding hydrogens is 228 g/mol. The molecule has 4 nitrogen and oxygen atoms in total. The Hall–Kier alpha value is -0.900. The summed E-state index contributed by atoms with van der Waals surface area (Å²) < 4.78 is 0. The number of carbonyl (C=O) groups excluding carboxylic acids is 2. The van der Waals surface area contributed by atoms with E-state index in [4.69, 9.17) is 0 Å². The van der Waals surface area contributed by atoms with Crippen LogP contribution in [0, 0.1) is 17.3 Å². The highest BCUT2D eigenvalue weighted by atomic mass is 16.2. The highest BCUT2D eigenvalue weighted by Crippen LogP contribution is 2.63. The second-order valence-electron chi connectivity index (χ2n) is 6.54. The Bertz CT molecular complexity index is 361. The van der Waals surface area contributed by atoms with Gasteiger partial charge in [-0.25, -0.2) is 0 Å². The summed E-state index contributed by atoms with van der Waals surface area (Å²) in [6, 6.07) is 0.490. The van der Waals surface area contributed by atoms with Gasteiger partial charge in [-0.1, -0.05) is 20.3 Å². The third kappa shape index (κ3) is 1.69. The second kappa shape index (κ2) is 4.05. The first kappa shape index (κ1) is 12.2. The molecule has 0 spiro atoms. The standard InChI is InChI=1S/C14H22N2O2/c1-14(2)10-11(14)13(18)16(12(10)17)8-6-9-5-3-4-7-15-9/h9-11,15H,3-8H2,1-2H3. The van der Waals surface area contributed by atoms with Crippen molar-refractivity contribution < 1.29 is 9.59 Å². The van der Waals surface area contributed by atoms with Gasteiger partial charge < -0.3 is 5.32 Å². The van der Waals surface area contributed by atoms with Crippen LogP contribution in [0.3, 0.4) is 0 Å². The molecule has 2 aliphatic heterocycles. The van der Waals surface area contributed by atoms with Crippen LogP contribution in [0.5, 0.6) is 0 Å². The number of piperidine rings is 2. The van der Waals surface area contributed by atoms with Crippen molar-refractivity contribution in [2.75, 3.05) is 13.1 Å². The minimum atomic E-state index is -0.0756. The summed E-state index contributed by atoms with van der Waals surface area (Å²) in [5.41, 5.74) is -0.0756. The molecule has 18 heavy (non-hydrogen) atoms. The molecule has 3 fully saturated rings. The molecule has 2 amide bonds. The van der Waals surface area contributed by atoms with E-state index in [-0.39, 0.29) is 29.1 Å². The summed E-state index contributed by atoms with van der Waals surface area (Å²) in [5.74, 6) is 0.102. The maximum Gasteiger partial charge on any atom is 0.233 e. The van der Waals surface area contributed by atoms with Crippen LogP contribution in [0.1, 0.15) is 39.5 Å². The molecule has 0 aromatic carbocycles. The lowest BCUT2D eigenvalue weighted by Gasteiger charge is -2.26. The van der Waals surface area contributed by atoms with Crippen LogP contribution in [-0.4, -0.2) is 35.8 Å². The van der Waals surface area contributed by atoms with Crippen molar-refractivity contribution in [3.63, 3.8) is 0 Å². The fourth-order valence-corrected chi connectivity index (χ4v) is 3.68. The zero-order chi connectivity index (χ0) is 12.9. The zero-order valence-corrected chi connectivity index (χ0v) is 11.2. The van der Waals surface area contributed by atoms with Crippen LogP contribution in [0.2, 0.25) is 0 Å². The Morgan fingerprint density at radius 3 is 2.44 bits per heavy atom. The number of nitrogens with zero attached hydrogens (tertiary/aromatic N) is 1. The monoisotopic (exact) mass is 250 g/mol. The predicted octanol–water partition coefficient (Wildman–Crippen LogP) is 1.16. The smallest absolute Gasteiger partial charge is 0.233 e. The Kier molecular flexibility index (Phi) is 2.73. The number of amides is 2. The molecule has 0 aromatic rings. The van der Waals surface area contributed by atoms with E-state index in [1.165, 1.54) is 24.2 Å². The Morgan fingerprint density at radius 2 is 1.89 bits per heavy atom. The Balaban J connectivity index is 1.55. The zero-order valence-electron chi connectivity index (χ0n) is 11.2. The summed E-state index contributed by atoms with van der Waals surface area (Å²) in [4.78, 5) is 25.8. The first-order valence-electron chi connectivity index (χ1n) is 7.12. The van der Waals surface area contributed by atoms with Gasteiger partial charge in [-0.15, -0.1) is 0 Å². The fourth-order valence-electron chi connectivity index (χ4n) is 3.68. The molecule has 1 N–H and O–H groups in total. The van der Waals surface area contributed by atoms with Crippen LogP contribution in [0.4, 0.5) is 0 Å². The van der Waals surface area contributed by atoms with Gasteiger partial charge in [-0.2, -0.15) is 0 Å². The van der Waals surface area contributed by atoms with Crippen molar-refractivity contribution in [2.24, 2.45) is 17.3 Å². The predicted molar refractivity (Wildman–Crippen MR) is 67.7 cm³/mol. The van der Waals surface area contributed by atoms with Gasteiger partial charge in [0.2, 0.25) is 11.8 Å². The van der Waals surface area contributed by atoms with E-state index in [9.17, 15) is 9.59 Å². The molecule has 3 aliphatic rings. The van der Waals surface area contributed by atoms with Gasteiger partial charge in [0.15, 0.2) is 0 Å². The average molecular weight is 250 g/mol. The summed E-state index contributed by atoms with van der Waals surface area (Å²) >= 11 is 0. The molecular formula is C14H22N2O2. The number of fused-ring (bicyclic) bond motifs is 1. The lowest BCUT2D eigenvalue weighted by molar-refractivity contribution is -0.143. The van der Waals surface area contributed by atoms with Gasteiger partial charge in [-0.3, -0.25) is 14.5 Å². The molecule has 0 aromatic heterocycles. The van der Waals surface area contributed by atoms with Crippen LogP contribution < -0.4 is 5.32 Å². The van der Waals surface area contributed by atoms with Crippen molar-refractivity contribution in [1.29, 1.82) is 0 Å². The van der Waals surface area contributed by atoms with E-state index in [0.717, 1.165) is 13.0 Å². The van der Waals surface area contributed by atoms with Gasteiger partial charge in [0.25, 0.3) is 0 Å². The normalized spacial score (nSPS) is 37.9. The van der Waals surface area contributed by atoms with Crippen LogP contribution in [0.25, 0.3) is 0 Å². The highest BCUT2D eigenvalue weighted by Gasteiger charge is 2.72. The van der Waals surface area contributed by atoms with Crippen molar-refractivity contribution >= 4 is 11.8 Å². The topological polar surface area (TPSA) is 49.4 Å². The lowest BCUT2D eigenvalue weighted by atomic mass is 10.0. The van der Waals surface area contributed by atoms with Crippen LogP contribution in [0.15, 0.2) is 0 Å². The van der Waals surface area contributed by atoms with Crippen molar-refractivity contribution in [3.05, 3.63) is 0 Å². The van der Waals surface area contributed by atoms with Gasteiger partial charge in [0, 0.05) is 12.6 Å². The fraction of sp³-hybridized carbons (Fsp3) is 0.857. The van der Waals surface area contributed by atoms with E-state index in [1.807, 2.05) is 13.8 Å². The molecule has 3 atom stereocenters. The van der Waals surface area contributed by atoms with Crippen LogP contribution in [-0.2, 0) is 9.59 Å². The van der Waals surface area contributed by atoms with Gasteiger partial charge in [0.05, 0.1) is 11.8 Å². The average Bonchev–Trinajstić information content (AvgIpc) is 2.81. The third-order valence-corrected chi connectivity index (χ3v) is 5.01. The number of carbonyl (C=O) groups is 2. The minimum absolute atomic E-state index is 0.0238. The van der Waals surface area contributed by atoms with Gasteiger partial charge >= 0.3 is 0 Å². The van der Waals surface area contributed by atoms with Crippen LogP contribution >= 0.6 is 0 Å². The number of hydrogen-bond acceptors (Lipinski definition) is 3. The van der Waals surface area contributed by atoms with Crippen molar-refractivity contribution in [3.8, 4) is 0 Å². The van der Waals surface area contributed by atoms with Crippen molar-refractivity contribution in [2.45, 2.75) is 45.6 Å². The van der Waals surface area contributed by atoms with Crippen molar-refractivity contribution in [1.82, 2.24) is 10.2 Å². The van der Waals surface area contributed by atoms with E-state index in [1.54, 1.807) is 0 Å². The molecule has 4 heteroatoms. The molecule has 0 bridgehead atoms. The molecule has 3 rings (SSSR count). The molecule has 100 valence electrons. The number of imide groups is 1. The largest absolute Gasteiger partial charge is 0.314 e. The van der Waals surface area contributed by atoms with E-state index in [0.29, 0.717) is 12.6 Å². The summed E-state index contributed by atoms with van der Waals surface area (Å²) in [7, 11) is 0. The maximum absolute atomic E-state index is 12.1. The highest BCUT2D eigenvalue weighted by molar-refractivity contribution is 6.10. The Morgan fingerprint density at radius 1 is 1.22 bits per heavy atom. The molecule has 0 radical (unpaired) electrons. The number of rotatable bonds is 3.